The molecule has 1 heterocycles. The number of hydrogen-bond acceptors (Lipinski definition) is 6. The molecule has 138 valence electrons. The molecule has 28 heavy (non-hydrogen) atoms. The van der Waals surface area contributed by atoms with Gasteiger partial charge >= 0.3 is 0 Å². The number of ether oxygens (including phenoxy) is 1. The molecule has 0 radical (unpaired) electrons. The van der Waals surface area contributed by atoms with Gasteiger partial charge in [0.1, 0.15) is 17.2 Å². The molecule has 1 aliphatic heterocycles. The Morgan fingerprint density at radius 1 is 0.857 bits per heavy atom. The zero-order chi connectivity index (χ0) is 19.8. The first-order valence-electron chi connectivity index (χ1n) is 8.19. The van der Waals surface area contributed by atoms with Gasteiger partial charge in [0.05, 0.1) is 27.8 Å². The predicted molar refractivity (Wildman–Crippen MR) is 98.9 cm³/mol. The van der Waals surface area contributed by atoms with Crippen LogP contribution < -0.4 is 9.64 Å². The Balaban J connectivity index is 1.67. The number of aromatic hydroxyl groups is 1. The zero-order valence-electron chi connectivity index (χ0n) is 14.2. The summed E-state index contributed by atoms with van der Waals surface area (Å²) in [5.74, 6) is -0.859. The fourth-order valence-corrected chi connectivity index (χ4v) is 2.95. The van der Waals surface area contributed by atoms with Gasteiger partial charge in [-0.1, -0.05) is 18.2 Å². The molecule has 0 fully saturated rings. The van der Waals surface area contributed by atoms with E-state index >= 15 is 0 Å². The monoisotopic (exact) mass is 376 g/mol. The Labute approximate surface area is 158 Å². The van der Waals surface area contributed by atoms with E-state index in [0.29, 0.717) is 0 Å². The summed E-state index contributed by atoms with van der Waals surface area (Å²) in [5.41, 5.74) is 0.265. The molecule has 0 spiro atoms. The summed E-state index contributed by atoms with van der Waals surface area (Å²) in [4.78, 5) is 36.6. The number of non-ortho nitro benzene ring substituents is 1. The van der Waals surface area contributed by atoms with Gasteiger partial charge in [0.15, 0.2) is 0 Å². The van der Waals surface area contributed by atoms with E-state index in [2.05, 4.69) is 0 Å². The molecule has 0 saturated carbocycles. The SMILES string of the molecule is O=C1c2ccc(Oc3cccc([N+](=O)[O-])c3)cc2C(=O)N1c1ccccc1O. The molecule has 0 unspecified atom stereocenters. The number of nitro benzene ring substituents is 1. The van der Waals surface area contributed by atoms with Gasteiger partial charge in [-0.05, 0) is 36.4 Å². The second kappa shape index (κ2) is 6.51. The number of hydrogen-bond donors (Lipinski definition) is 1. The average Bonchev–Trinajstić information content (AvgIpc) is 2.93. The van der Waals surface area contributed by atoms with Gasteiger partial charge in [-0.25, -0.2) is 4.90 Å². The molecule has 0 saturated heterocycles. The number of nitrogens with zero attached hydrogens (tertiary/aromatic N) is 2. The largest absolute Gasteiger partial charge is 0.506 e. The Kier molecular flexibility index (Phi) is 4.00. The number of benzene rings is 3. The minimum atomic E-state index is -0.592. The van der Waals surface area contributed by atoms with Crippen molar-refractivity contribution < 1.29 is 24.4 Å². The molecule has 0 aliphatic carbocycles. The van der Waals surface area contributed by atoms with Crippen molar-refractivity contribution in [1.82, 2.24) is 0 Å². The van der Waals surface area contributed by atoms with Crippen LogP contribution in [0.15, 0.2) is 66.7 Å². The summed E-state index contributed by atoms with van der Waals surface area (Å²) in [6.07, 6.45) is 0. The van der Waals surface area contributed by atoms with Crippen LogP contribution in [0.2, 0.25) is 0 Å². The quantitative estimate of drug-likeness (QED) is 0.420. The number of nitro groups is 1. The highest BCUT2D eigenvalue weighted by atomic mass is 16.6. The highest BCUT2D eigenvalue weighted by Crippen LogP contribution is 2.36. The van der Waals surface area contributed by atoms with Crippen LogP contribution in [-0.4, -0.2) is 21.8 Å². The van der Waals surface area contributed by atoms with Crippen LogP contribution >= 0.6 is 0 Å². The second-order valence-corrected chi connectivity index (χ2v) is 6.00. The van der Waals surface area contributed by atoms with Crippen molar-refractivity contribution in [3.8, 4) is 17.2 Å². The summed E-state index contributed by atoms with van der Waals surface area (Å²) in [6, 6.07) is 16.0. The molecule has 8 nitrogen and oxygen atoms in total. The van der Waals surface area contributed by atoms with Crippen molar-refractivity contribution in [2.24, 2.45) is 0 Å². The Morgan fingerprint density at radius 2 is 1.57 bits per heavy atom. The third-order valence-electron chi connectivity index (χ3n) is 4.24. The van der Waals surface area contributed by atoms with Gasteiger partial charge in [-0.15, -0.1) is 0 Å². The van der Waals surface area contributed by atoms with Gasteiger partial charge < -0.3 is 9.84 Å². The number of phenolic OH excluding ortho intramolecular Hbond substituents is 1. The van der Waals surface area contributed by atoms with Crippen LogP contribution in [0.3, 0.4) is 0 Å². The molecule has 1 aliphatic rings. The maximum absolute atomic E-state index is 12.8. The third-order valence-corrected chi connectivity index (χ3v) is 4.24. The van der Waals surface area contributed by atoms with Gasteiger partial charge in [-0.3, -0.25) is 19.7 Å². The third kappa shape index (κ3) is 2.82. The van der Waals surface area contributed by atoms with E-state index in [-0.39, 0.29) is 39.8 Å². The van der Waals surface area contributed by atoms with Crippen molar-refractivity contribution in [3.05, 3.63) is 88.0 Å². The topological polar surface area (TPSA) is 110 Å². The minimum absolute atomic E-state index is 0.0925. The molecule has 0 atom stereocenters. The lowest BCUT2D eigenvalue weighted by atomic mass is 10.1. The number of carbonyl (C=O) groups excluding carboxylic acids is 2. The first-order valence-corrected chi connectivity index (χ1v) is 8.19. The van der Waals surface area contributed by atoms with E-state index in [9.17, 15) is 24.8 Å². The maximum Gasteiger partial charge on any atom is 0.273 e. The Morgan fingerprint density at radius 3 is 2.32 bits per heavy atom. The summed E-state index contributed by atoms with van der Waals surface area (Å²) in [7, 11) is 0. The Bertz CT molecular complexity index is 1140. The molecule has 4 rings (SSSR count). The van der Waals surface area contributed by atoms with Gasteiger partial charge in [0.2, 0.25) is 0 Å². The maximum atomic E-state index is 12.8. The van der Waals surface area contributed by atoms with Crippen LogP contribution in [-0.2, 0) is 0 Å². The minimum Gasteiger partial charge on any atom is -0.506 e. The summed E-state index contributed by atoms with van der Waals surface area (Å²) < 4.78 is 5.61. The molecular weight excluding hydrogens is 364 g/mol. The van der Waals surface area contributed by atoms with Crippen LogP contribution in [0.5, 0.6) is 17.2 Å². The predicted octanol–water partition coefficient (Wildman–Crippen LogP) is 3.89. The lowest BCUT2D eigenvalue weighted by molar-refractivity contribution is -0.384. The lowest BCUT2D eigenvalue weighted by Gasteiger charge is -2.14. The second-order valence-electron chi connectivity index (χ2n) is 6.00. The fraction of sp³-hybridized carbons (Fsp3) is 0. The van der Waals surface area contributed by atoms with Gasteiger partial charge in [0, 0.05) is 6.07 Å². The normalized spacial score (nSPS) is 12.8. The van der Waals surface area contributed by atoms with Crippen LogP contribution in [0.1, 0.15) is 20.7 Å². The summed E-state index contributed by atoms with van der Waals surface area (Å²) in [5, 5.41) is 20.9. The smallest absolute Gasteiger partial charge is 0.273 e. The van der Waals surface area contributed by atoms with E-state index in [0.717, 1.165) is 4.90 Å². The number of fused-ring (bicyclic) bond motifs is 1. The van der Waals surface area contributed by atoms with Gasteiger partial charge in [-0.2, -0.15) is 0 Å². The molecule has 2 amide bonds. The van der Waals surface area contributed by atoms with E-state index in [1.54, 1.807) is 18.2 Å². The summed E-state index contributed by atoms with van der Waals surface area (Å²) in [6.45, 7) is 0. The zero-order valence-corrected chi connectivity index (χ0v) is 14.2. The van der Waals surface area contributed by atoms with E-state index in [1.165, 1.54) is 48.5 Å². The number of carbonyl (C=O) groups is 2. The standard InChI is InChI=1S/C20H12N2O6/c23-18-7-2-1-6-17(18)21-19(24)15-9-8-14(11-16(15)20(21)25)28-13-5-3-4-12(10-13)22(26)27/h1-11,23H. The van der Waals surface area contributed by atoms with Crippen LogP contribution in [0, 0.1) is 10.1 Å². The van der Waals surface area contributed by atoms with Crippen molar-refractivity contribution in [3.63, 3.8) is 0 Å². The molecule has 0 aromatic heterocycles. The molecule has 1 N–H and O–H groups in total. The highest BCUT2D eigenvalue weighted by molar-refractivity contribution is 6.34. The first kappa shape index (κ1) is 17.2. The number of amides is 2. The van der Waals surface area contributed by atoms with Gasteiger partial charge in [0.25, 0.3) is 17.5 Å². The number of imide groups is 1. The number of phenols is 1. The Hall–Kier alpha value is -4.20. The molecule has 3 aromatic carbocycles. The first-order chi connectivity index (χ1) is 13.5. The van der Waals surface area contributed by atoms with Crippen LogP contribution in [0.25, 0.3) is 0 Å². The highest BCUT2D eigenvalue weighted by Gasteiger charge is 2.38. The van der Waals surface area contributed by atoms with E-state index < -0.39 is 16.7 Å². The molecule has 3 aromatic rings. The van der Waals surface area contributed by atoms with Crippen molar-refractivity contribution >= 4 is 23.2 Å². The molecular formula is C20H12N2O6. The number of para-hydroxylation sites is 2. The van der Waals surface area contributed by atoms with Crippen molar-refractivity contribution in [2.45, 2.75) is 0 Å². The molecule has 0 bridgehead atoms. The van der Waals surface area contributed by atoms with E-state index in [4.69, 9.17) is 4.74 Å². The summed E-state index contributed by atoms with van der Waals surface area (Å²) >= 11 is 0. The number of rotatable bonds is 4. The van der Waals surface area contributed by atoms with E-state index in [1.807, 2.05) is 0 Å². The lowest BCUT2D eigenvalue weighted by Crippen LogP contribution is -2.29. The molecule has 8 heteroatoms. The van der Waals surface area contributed by atoms with Crippen molar-refractivity contribution in [1.29, 1.82) is 0 Å². The van der Waals surface area contributed by atoms with Crippen molar-refractivity contribution in [2.75, 3.05) is 4.90 Å². The number of anilines is 1. The average molecular weight is 376 g/mol. The van der Waals surface area contributed by atoms with Crippen LogP contribution in [0.4, 0.5) is 11.4 Å². The fourth-order valence-electron chi connectivity index (χ4n) is 2.95.